The number of amides is 1. The van der Waals surface area contributed by atoms with Crippen LogP contribution in [0.15, 0.2) is 12.7 Å². The van der Waals surface area contributed by atoms with E-state index in [0.717, 1.165) is 6.42 Å². The van der Waals surface area contributed by atoms with Crippen molar-refractivity contribution in [3.63, 3.8) is 0 Å². The van der Waals surface area contributed by atoms with E-state index in [1.165, 1.54) is 0 Å². The Morgan fingerprint density at radius 1 is 1.53 bits per heavy atom. The van der Waals surface area contributed by atoms with Gasteiger partial charge in [-0.2, -0.15) is 0 Å². The van der Waals surface area contributed by atoms with Gasteiger partial charge in [0.1, 0.15) is 5.60 Å². The topological polar surface area (TPSA) is 29.5 Å². The standard InChI is InChI=1S/C12H23NO2/c1-7-10(2)8-9-13(6)11(14)15-12(3,4)5/h7,10H,1,8-9H2,2-6H3. The molecule has 1 atom stereocenters. The van der Waals surface area contributed by atoms with Gasteiger partial charge in [0.25, 0.3) is 0 Å². The maximum absolute atomic E-state index is 11.5. The van der Waals surface area contributed by atoms with Crippen LogP contribution in [-0.4, -0.2) is 30.2 Å². The number of nitrogens with zero attached hydrogens (tertiary/aromatic N) is 1. The van der Waals surface area contributed by atoms with E-state index in [9.17, 15) is 4.79 Å². The largest absolute Gasteiger partial charge is 0.444 e. The molecule has 0 spiro atoms. The van der Waals surface area contributed by atoms with E-state index in [1.807, 2.05) is 26.8 Å². The van der Waals surface area contributed by atoms with Gasteiger partial charge in [0.05, 0.1) is 0 Å². The van der Waals surface area contributed by atoms with Crippen LogP contribution in [0.4, 0.5) is 4.79 Å². The van der Waals surface area contributed by atoms with Crippen LogP contribution in [-0.2, 0) is 4.74 Å². The summed E-state index contributed by atoms with van der Waals surface area (Å²) in [5, 5.41) is 0. The van der Waals surface area contributed by atoms with Crippen LogP contribution < -0.4 is 0 Å². The van der Waals surface area contributed by atoms with Crippen LogP contribution in [0.3, 0.4) is 0 Å². The van der Waals surface area contributed by atoms with E-state index >= 15 is 0 Å². The lowest BCUT2D eigenvalue weighted by Crippen LogP contribution is -2.35. The van der Waals surface area contributed by atoms with E-state index in [-0.39, 0.29) is 6.09 Å². The van der Waals surface area contributed by atoms with E-state index in [1.54, 1.807) is 11.9 Å². The Morgan fingerprint density at radius 3 is 2.47 bits per heavy atom. The van der Waals surface area contributed by atoms with Crippen molar-refractivity contribution < 1.29 is 9.53 Å². The Kier molecular flexibility index (Phi) is 5.40. The third-order valence-electron chi connectivity index (χ3n) is 2.03. The minimum atomic E-state index is -0.421. The molecule has 0 aromatic heterocycles. The van der Waals surface area contributed by atoms with Crippen molar-refractivity contribution in [1.82, 2.24) is 4.90 Å². The van der Waals surface area contributed by atoms with Crippen LogP contribution in [0.1, 0.15) is 34.1 Å². The molecule has 0 aliphatic carbocycles. The van der Waals surface area contributed by atoms with Gasteiger partial charge in [-0.25, -0.2) is 4.79 Å². The first kappa shape index (κ1) is 14.0. The highest BCUT2D eigenvalue weighted by molar-refractivity contribution is 5.67. The quantitative estimate of drug-likeness (QED) is 0.672. The Labute approximate surface area is 93.1 Å². The molecule has 0 N–H and O–H groups in total. The number of hydrogen-bond acceptors (Lipinski definition) is 2. The SMILES string of the molecule is C=CC(C)CCN(C)C(=O)OC(C)(C)C. The molecule has 0 bridgehead atoms. The van der Waals surface area contributed by atoms with E-state index in [0.29, 0.717) is 12.5 Å². The average molecular weight is 213 g/mol. The lowest BCUT2D eigenvalue weighted by Gasteiger charge is -2.25. The van der Waals surface area contributed by atoms with Gasteiger partial charge in [-0.05, 0) is 33.1 Å². The first-order valence-corrected chi connectivity index (χ1v) is 5.33. The van der Waals surface area contributed by atoms with Crippen molar-refractivity contribution in [2.45, 2.75) is 39.7 Å². The summed E-state index contributed by atoms with van der Waals surface area (Å²) in [5.74, 6) is 0.426. The van der Waals surface area contributed by atoms with Gasteiger partial charge >= 0.3 is 6.09 Å². The molecule has 0 radical (unpaired) electrons. The molecule has 0 fully saturated rings. The summed E-state index contributed by atoms with van der Waals surface area (Å²) in [6, 6.07) is 0. The second-order valence-electron chi connectivity index (χ2n) is 4.90. The van der Waals surface area contributed by atoms with Gasteiger partial charge in [0.15, 0.2) is 0 Å². The van der Waals surface area contributed by atoms with E-state index in [2.05, 4.69) is 13.5 Å². The van der Waals surface area contributed by atoms with E-state index in [4.69, 9.17) is 4.74 Å². The third kappa shape index (κ3) is 7.00. The minimum Gasteiger partial charge on any atom is -0.444 e. The highest BCUT2D eigenvalue weighted by Crippen LogP contribution is 2.10. The second-order valence-corrected chi connectivity index (χ2v) is 4.90. The van der Waals surface area contributed by atoms with Gasteiger partial charge in [-0.15, -0.1) is 6.58 Å². The predicted molar refractivity (Wildman–Crippen MR) is 62.8 cm³/mol. The number of carbonyl (C=O) groups is 1. The Bertz CT molecular complexity index is 218. The molecule has 0 saturated heterocycles. The fraction of sp³-hybridized carbons (Fsp3) is 0.750. The Morgan fingerprint density at radius 2 is 2.07 bits per heavy atom. The smallest absolute Gasteiger partial charge is 0.410 e. The molecule has 0 saturated carbocycles. The van der Waals surface area contributed by atoms with Gasteiger partial charge in [0.2, 0.25) is 0 Å². The van der Waals surface area contributed by atoms with Crippen LogP contribution in [0.5, 0.6) is 0 Å². The molecule has 0 aromatic rings. The number of carbonyl (C=O) groups excluding carboxylic acids is 1. The summed E-state index contributed by atoms with van der Waals surface area (Å²) in [4.78, 5) is 13.1. The summed E-state index contributed by atoms with van der Waals surface area (Å²) in [6.45, 7) is 12.1. The molecule has 0 heterocycles. The number of ether oxygens (including phenoxy) is 1. The summed E-state index contributed by atoms with van der Waals surface area (Å²) >= 11 is 0. The first-order chi connectivity index (χ1) is 6.76. The molecular weight excluding hydrogens is 190 g/mol. The zero-order valence-electron chi connectivity index (χ0n) is 10.5. The van der Waals surface area contributed by atoms with Crippen LogP contribution in [0.25, 0.3) is 0 Å². The second kappa shape index (κ2) is 5.79. The molecule has 88 valence electrons. The van der Waals surface area contributed by atoms with Gasteiger partial charge in [0, 0.05) is 13.6 Å². The molecule has 3 heteroatoms. The van der Waals surface area contributed by atoms with Crippen molar-refractivity contribution in [2.24, 2.45) is 5.92 Å². The number of hydrogen-bond donors (Lipinski definition) is 0. The monoisotopic (exact) mass is 213 g/mol. The fourth-order valence-corrected chi connectivity index (χ4v) is 0.946. The summed E-state index contributed by atoms with van der Waals surface area (Å²) in [5.41, 5.74) is -0.421. The molecule has 0 aliphatic heterocycles. The maximum Gasteiger partial charge on any atom is 0.410 e. The Balaban J connectivity index is 3.95. The molecule has 1 amide bonds. The van der Waals surface area contributed by atoms with Crippen molar-refractivity contribution in [1.29, 1.82) is 0 Å². The zero-order chi connectivity index (χ0) is 12.1. The highest BCUT2D eigenvalue weighted by atomic mass is 16.6. The molecule has 3 nitrogen and oxygen atoms in total. The molecular formula is C12H23NO2. The van der Waals surface area contributed by atoms with Gasteiger partial charge in [-0.1, -0.05) is 13.0 Å². The molecule has 0 aromatic carbocycles. The van der Waals surface area contributed by atoms with Gasteiger partial charge < -0.3 is 9.64 Å². The third-order valence-corrected chi connectivity index (χ3v) is 2.03. The summed E-state index contributed by atoms with van der Waals surface area (Å²) in [7, 11) is 1.75. The first-order valence-electron chi connectivity index (χ1n) is 5.33. The number of allylic oxidation sites excluding steroid dienone is 1. The normalized spacial score (nSPS) is 13.1. The van der Waals surface area contributed by atoms with E-state index < -0.39 is 5.60 Å². The minimum absolute atomic E-state index is 0.265. The fourth-order valence-electron chi connectivity index (χ4n) is 0.946. The molecule has 1 unspecified atom stereocenters. The van der Waals surface area contributed by atoms with Crippen LogP contribution in [0, 0.1) is 5.92 Å². The molecule has 0 aliphatic rings. The molecule has 0 rings (SSSR count). The lowest BCUT2D eigenvalue weighted by atomic mass is 10.1. The zero-order valence-corrected chi connectivity index (χ0v) is 10.5. The van der Waals surface area contributed by atoms with Crippen molar-refractivity contribution in [2.75, 3.05) is 13.6 Å². The predicted octanol–water partition coefficient (Wildman–Crippen LogP) is 3.07. The summed E-state index contributed by atoms with van der Waals surface area (Å²) < 4.78 is 5.23. The molecule has 15 heavy (non-hydrogen) atoms. The van der Waals surface area contributed by atoms with Crippen LogP contribution >= 0.6 is 0 Å². The van der Waals surface area contributed by atoms with Crippen molar-refractivity contribution in [3.8, 4) is 0 Å². The van der Waals surface area contributed by atoms with Crippen LogP contribution in [0.2, 0.25) is 0 Å². The summed E-state index contributed by atoms with van der Waals surface area (Å²) in [6.07, 6.45) is 2.54. The highest BCUT2D eigenvalue weighted by Gasteiger charge is 2.19. The Hall–Kier alpha value is -0.990. The number of rotatable bonds is 4. The average Bonchev–Trinajstić information content (AvgIpc) is 2.10. The van der Waals surface area contributed by atoms with Gasteiger partial charge in [-0.3, -0.25) is 0 Å². The lowest BCUT2D eigenvalue weighted by molar-refractivity contribution is 0.0293. The maximum atomic E-state index is 11.5. The van der Waals surface area contributed by atoms with Crippen molar-refractivity contribution in [3.05, 3.63) is 12.7 Å². The van der Waals surface area contributed by atoms with Crippen molar-refractivity contribution >= 4 is 6.09 Å².